The molecule has 0 fully saturated rings. The molecule has 1 amide bonds. The van der Waals surface area contributed by atoms with Gasteiger partial charge in [-0.3, -0.25) is 9.36 Å². The van der Waals surface area contributed by atoms with Gasteiger partial charge >= 0.3 is 0 Å². The fourth-order valence-electron chi connectivity index (χ4n) is 3.37. The van der Waals surface area contributed by atoms with Crippen LogP contribution in [0, 0.1) is 6.92 Å². The number of amides is 1. The molecule has 33 heavy (non-hydrogen) atoms. The SMILES string of the molecule is COc1cc(Cl)c(C)cc1NC(=O)CSc1nnc(Cc2ccccc2)n1-c1ccccc1. The molecule has 4 aromatic rings. The number of rotatable bonds is 8. The summed E-state index contributed by atoms with van der Waals surface area (Å²) < 4.78 is 7.35. The van der Waals surface area contributed by atoms with Gasteiger partial charge in [-0.1, -0.05) is 71.9 Å². The molecule has 8 heteroatoms. The smallest absolute Gasteiger partial charge is 0.234 e. The third-order valence-electron chi connectivity index (χ3n) is 5.01. The molecule has 0 spiro atoms. The first-order valence-electron chi connectivity index (χ1n) is 10.4. The summed E-state index contributed by atoms with van der Waals surface area (Å²) in [6.45, 7) is 1.88. The number of halogens is 1. The number of nitrogens with zero attached hydrogens (tertiary/aromatic N) is 3. The van der Waals surface area contributed by atoms with Crippen LogP contribution < -0.4 is 10.1 Å². The number of hydrogen-bond acceptors (Lipinski definition) is 5. The quantitative estimate of drug-likeness (QED) is 0.336. The van der Waals surface area contributed by atoms with E-state index in [1.54, 1.807) is 19.2 Å². The Bertz CT molecular complexity index is 1250. The van der Waals surface area contributed by atoms with Gasteiger partial charge in [0.2, 0.25) is 5.91 Å². The maximum atomic E-state index is 12.7. The van der Waals surface area contributed by atoms with Crippen LogP contribution in [0.15, 0.2) is 78.0 Å². The summed E-state index contributed by atoms with van der Waals surface area (Å²) in [6.07, 6.45) is 0.636. The van der Waals surface area contributed by atoms with Gasteiger partial charge in [-0.15, -0.1) is 10.2 Å². The second-order valence-electron chi connectivity index (χ2n) is 7.37. The van der Waals surface area contributed by atoms with Crippen molar-refractivity contribution < 1.29 is 9.53 Å². The molecule has 0 unspecified atom stereocenters. The summed E-state index contributed by atoms with van der Waals surface area (Å²) in [5.74, 6) is 1.32. The molecule has 1 N–H and O–H groups in total. The van der Waals surface area contributed by atoms with Crippen LogP contribution in [0.4, 0.5) is 5.69 Å². The van der Waals surface area contributed by atoms with E-state index in [4.69, 9.17) is 16.3 Å². The lowest BCUT2D eigenvalue weighted by atomic mass is 10.1. The molecular formula is C25H23ClN4O2S. The van der Waals surface area contributed by atoms with E-state index in [-0.39, 0.29) is 11.7 Å². The Hall–Kier alpha value is -3.29. The molecule has 0 radical (unpaired) electrons. The first-order valence-corrected chi connectivity index (χ1v) is 11.7. The summed E-state index contributed by atoms with van der Waals surface area (Å²) in [6, 6.07) is 23.5. The van der Waals surface area contributed by atoms with E-state index >= 15 is 0 Å². The van der Waals surface area contributed by atoms with Crippen molar-refractivity contribution >= 4 is 35.0 Å². The third kappa shape index (κ3) is 5.56. The Morgan fingerprint density at radius 3 is 2.45 bits per heavy atom. The zero-order valence-corrected chi connectivity index (χ0v) is 19.9. The number of carbonyl (C=O) groups is 1. The molecule has 3 aromatic carbocycles. The number of benzene rings is 3. The van der Waals surface area contributed by atoms with Gasteiger partial charge in [0.1, 0.15) is 11.6 Å². The van der Waals surface area contributed by atoms with E-state index in [9.17, 15) is 4.79 Å². The van der Waals surface area contributed by atoms with Crippen LogP contribution >= 0.6 is 23.4 Å². The summed E-state index contributed by atoms with van der Waals surface area (Å²) in [7, 11) is 1.54. The van der Waals surface area contributed by atoms with Crippen molar-refractivity contribution in [2.45, 2.75) is 18.5 Å². The van der Waals surface area contributed by atoms with Crippen LogP contribution in [-0.4, -0.2) is 33.5 Å². The van der Waals surface area contributed by atoms with E-state index in [0.717, 1.165) is 22.6 Å². The Morgan fingerprint density at radius 1 is 1.06 bits per heavy atom. The number of para-hydroxylation sites is 1. The molecule has 0 aliphatic carbocycles. The van der Waals surface area contributed by atoms with Gasteiger partial charge in [0.25, 0.3) is 0 Å². The molecule has 4 rings (SSSR count). The number of hydrogen-bond donors (Lipinski definition) is 1. The highest BCUT2D eigenvalue weighted by Crippen LogP contribution is 2.31. The predicted molar refractivity (Wildman–Crippen MR) is 133 cm³/mol. The molecule has 0 atom stereocenters. The third-order valence-corrected chi connectivity index (χ3v) is 6.34. The van der Waals surface area contributed by atoms with E-state index < -0.39 is 0 Å². The summed E-state index contributed by atoms with van der Waals surface area (Å²) in [5, 5.41) is 12.9. The lowest BCUT2D eigenvalue weighted by Gasteiger charge is -2.13. The van der Waals surface area contributed by atoms with Gasteiger partial charge < -0.3 is 10.1 Å². The maximum Gasteiger partial charge on any atom is 0.234 e. The Balaban J connectivity index is 1.53. The molecular weight excluding hydrogens is 456 g/mol. The van der Waals surface area contributed by atoms with Crippen LogP contribution in [0.25, 0.3) is 5.69 Å². The Morgan fingerprint density at radius 2 is 1.76 bits per heavy atom. The Labute approximate surface area is 202 Å². The van der Waals surface area contributed by atoms with Gasteiger partial charge in [-0.05, 0) is 36.2 Å². The minimum absolute atomic E-state index is 0.168. The number of aromatic nitrogens is 3. The highest BCUT2D eigenvalue weighted by Gasteiger charge is 2.17. The largest absolute Gasteiger partial charge is 0.495 e. The number of thioether (sulfide) groups is 1. The number of aryl methyl sites for hydroxylation is 1. The monoisotopic (exact) mass is 478 g/mol. The number of methoxy groups -OCH3 is 1. The molecule has 6 nitrogen and oxygen atoms in total. The maximum absolute atomic E-state index is 12.7. The topological polar surface area (TPSA) is 69.0 Å². The first kappa shape index (κ1) is 22.9. The van der Waals surface area contributed by atoms with Gasteiger partial charge in [0, 0.05) is 23.2 Å². The van der Waals surface area contributed by atoms with Crippen molar-refractivity contribution in [2.24, 2.45) is 0 Å². The number of nitrogens with one attached hydrogen (secondary N) is 1. The number of carbonyl (C=O) groups excluding carboxylic acids is 1. The number of ether oxygens (including phenoxy) is 1. The molecule has 0 aliphatic rings. The predicted octanol–water partition coefficient (Wildman–Crippen LogP) is 5.56. The first-order chi connectivity index (χ1) is 16.0. The summed E-state index contributed by atoms with van der Waals surface area (Å²) >= 11 is 7.50. The van der Waals surface area contributed by atoms with E-state index in [1.807, 2.05) is 60.0 Å². The second kappa shape index (κ2) is 10.6. The minimum atomic E-state index is -0.174. The molecule has 168 valence electrons. The molecule has 0 aliphatic heterocycles. The average molecular weight is 479 g/mol. The zero-order chi connectivity index (χ0) is 23.2. The van der Waals surface area contributed by atoms with Crippen LogP contribution in [0.2, 0.25) is 5.02 Å². The highest BCUT2D eigenvalue weighted by molar-refractivity contribution is 7.99. The van der Waals surface area contributed by atoms with Crippen molar-refractivity contribution in [3.63, 3.8) is 0 Å². The van der Waals surface area contributed by atoms with Gasteiger partial charge in [0.15, 0.2) is 5.16 Å². The normalized spacial score (nSPS) is 10.8. The van der Waals surface area contributed by atoms with E-state index in [0.29, 0.717) is 28.0 Å². The lowest BCUT2D eigenvalue weighted by Crippen LogP contribution is -2.15. The lowest BCUT2D eigenvalue weighted by molar-refractivity contribution is -0.113. The summed E-state index contributed by atoms with van der Waals surface area (Å²) in [4.78, 5) is 12.7. The minimum Gasteiger partial charge on any atom is -0.495 e. The Kier molecular flexibility index (Phi) is 7.32. The van der Waals surface area contributed by atoms with Crippen LogP contribution in [0.5, 0.6) is 5.75 Å². The fraction of sp³-hybridized carbons (Fsp3) is 0.160. The van der Waals surface area contributed by atoms with Crippen LogP contribution in [0.1, 0.15) is 17.0 Å². The van der Waals surface area contributed by atoms with Crippen molar-refractivity contribution in [1.29, 1.82) is 0 Å². The van der Waals surface area contributed by atoms with E-state index in [2.05, 4.69) is 27.6 Å². The highest BCUT2D eigenvalue weighted by atomic mass is 35.5. The average Bonchev–Trinajstić information content (AvgIpc) is 3.23. The van der Waals surface area contributed by atoms with E-state index in [1.165, 1.54) is 11.8 Å². The zero-order valence-electron chi connectivity index (χ0n) is 18.3. The fourth-order valence-corrected chi connectivity index (χ4v) is 4.29. The van der Waals surface area contributed by atoms with Gasteiger partial charge in [-0.25, -0.2) is 0 Å². The van der Waals surface area contributed by atoms with Crippen molar-refractivity contribution in [1.82, 2.24) is 14.8 Å². The van der Waals surface area contributed by atoms with Crippen LogP contribution in [-0.2, 0) is 11.2 Å². The molecule has 1 heterocycles. The standard InChI is InChI=1S/C25H23ClN4O2S/c1-17-13-21(22(32-2)15-20(17)26)27-24(31)16-33-25-29-28-23(14-18-9-5-3-6-10-18)30(25)19-11-7-4-8-12-19/h3-13,15H,14,16H2,1-2H3,(H,27,31). The van der Waals surface area contributed by atoms with Crippen molar-refractivity contribution in [2.75, 3.05) is 18.2 Å². The second-order valence-corrected chi connectivity index (χ2v) is 8.72. The van der Waals surface area contributed by atoms with Crippen molar-refractivity contribution in [3.8, 4) is 11.4 Å². The van der Waals surface area contributed by atoms with Crippen molar-refractivity contribution in [3.05, 3.63) is 94.8 Å². The molecule has 0 saturated carbocycles. The molecule has 1 aromatic heterocycles. The molecule has 0 saturated heterocycles. The molecule has 0 bridgehead atoms. The van der Waals surface area contributed by atoms with Crippen LogP contribution in [0.3, 0.4) is 0 Å². The van der Waals surface area contributed by atoms with Gasteiger partial charge in [-0.2, -0.15) is 0 Å². The summed E-state index contributed by atoms with van der Waals surface area (Å²) in [5.41, 5.74) is 3.53. The van der Waals surface area contributed by atoms with Gasteiger partial charge in [0.05, 0.1) is 18.6 Å². The number of anilines is 1.